The first-order valence-corrected chi connectivity index (χ1v) is 10.8. The van der Waals surface area contributed by atoms with Gasteiger partial charge in [-0.15, -0.1) is 0 Å². The normalized spacial score (nSPS) is 25.2. The maximum absolute atomic E-state index is 12.6. The number of nitrogens with two attached hydrogens (primary N) is 2. The van der Waals surface area contributed by atoms with E-state index in [4.69, 9.17) is 30.4 Å². The van der Waals surface area contributed by atoms with Crippen LogP contribution in [-0.4, -0.2) is 55.7 Å². The fourth-order valence-corrected chi connectivity index (χ4v) is 3.36. The first kappa shape index (κ1) is 23.9. The van der Waals surface area contributed by atoms with Gasteiger partial charge in [-0.25, -0.2) is 9.59 Å². The molecule has 1 saturated heterocycles. The van der Waals surface area contributed by atoms with Gasteiger partial charge in [0, 0.05) is 6.61 Å². The van der Waals surface area contributed by atoms with Crippen molar-refractivity contribution in [3.63, 3.8) is 0 Å². The summed E-state index contributed by atoms with van der Waals surface area (Å²) in [6.45, 7) is 2.34. The van der Waals surface area contributed by atoms with E-state index in [9.17, 15) is 9.59 Å². The van der Waals surface area contributed by atoms with Crippen LogP contribution in [-0.2, 0) is 18.9 Å². The predicted molar refractivity (Wildman–Crippen MR) is 118 cm³/mol. The Balaban J connectivity index is 1.70. The van der Waals surface area contributed by atoms with Gasteiger partial charge in [0.2, 0.25) is 0 Å². The highest BCUT2D eigenvalue weighted by atomic mass is 16.7. The minimum atomic E-state index is -0.886. The van der Waals surface area contributed by atoms with Gasteiger partial charge < -0.3 is 30.4 Å². The van der Waals surface area contributed by atoms with E-state index in [-0.39, 0.29) is 6.61 Å². The molecule has 0 radical (unpaired) electrons. The lowest BCUT2D eigenvalue weighted by molar-refractivity contribution is -0.237. The van der Waals surface area contributed by atoms with Gasteiger partial charge in [0.25, 0.3) is 0 Å². The molecule has 3 rings (SSSR count). The van der Waals surface area contributed by atoms with Gasteiger partial charge in [-0.3, -0.25) is 0 Å². The summed E-state index contributed by atoms with van der Waals surface area (Å²) in [5.41, 5.74) is 13.5. The summed E-state index contributed by atoms with van der Waals surface area (Å²) in [7, 11) is 0. The van der Waals surface area contributed by atoms with E-state index < -0.39 is 42.5 Å². The van der Waals surface area contributed by atoms with Crippen LogP contribution in [0.15, 0.2) is 60.7 Å². The van der Waals surface area contributed by atoms with Crippen molar-refractivity contribution in [2.45, 2.75) is 50.3 Å². The molecular formula is C24H30N2O6. The Morgan fingerprint density at radius 3 is 2.09 bits per heavy atom. The first-order chi connectivity index (χ1) is 15.5. The Morgan fingerprint density at radius 2 is 1.50 bits per heavy atom. The lowest BCUT2D eigenvalue weighted by Gasteiger charge is -2.43. The Morgan fingerprint density at radius 1 is 0.906 bits per heavy atom. The van der Waals surface area contributed by atoms with Gasteiger partial charge in [0.05, 0.1) is 23.2 Å². The third-order valence-electron chi connectivity index (χ3n) is 5.23. The van der Waals surface area contributed by atoms with Crippen LogP contribution in [0.5, 0.6) is 0 Å². The van der Waals surface area contributed by atoms with Crippen LogP contribution in [0.2, 0.25) is 0 Å². The minimum Gasteiger partial charge on any atom is -0.459 e. The standard InChI is InChI=1S/C24H30N2O6/c1-2-3-14-29-24-20(26)21(32-23(28)17-12-8-5-9-13-17)19(25)18(31-24)15-30-22(27)16-10-6-4-7-11-16/h4-13,18-21,24H,2-3,14-15,25-26H2,1H3/t18?,19-,20?,21?,24-/m1/s1. The largest absolute Gasteiger partial charge is 0.459 e. The zero-order chi connectivity index (χ0) is 22.9. The number of esters is 2. The van der Waals surface area contributed by atoms with Gasteiger partial charge in [-0.2, -0.15) is 0 Å². The topological polar surface area (TPSA) is 123 Å². The molecule has 0 amide bonds. The number of unbranched alkanes of at least 4 members (excludes halogenated alkanes) is 1. The van der Waals surface area contributed by atoms with Crippen molar-refractivity contribution in [3.8, 4) is 0 Å². The molecule has 0 spiro atoms. The lowest BCUT2D eigenvalue weighted by atomic mass is 9.95. The van der Waals surface area contributed by atoms with E-state index in [0.29, 0.717) is 17.7 Å². The van der Waals surface area contributed by atoms with E-state index in [2.05, 4.69) is 0 Å². The summed E-state index contributed by atoms with van der Waals surface area (Å²) in [6, 6.07) is 15.6. The zero-order valence-corrected chi connectivity index (χ0v) is 18.1. The van der Waals surface area contributed by atoms with Crippen molar-refractivity contribution in [1.82, 2.24) is 0 Å². The molecule has 0 aliphatic carbocycles. The number of carbonyl (C=O) groups is 2. The number of ether oxygens (including phenoxy) is 4. The van der Waals surface area contributed by atoms with Crippen molar-refractivity contribution in [1.29, 1.82) is 0 Å². The van der Waals surface area contributed by atoms with Crippen LogP contribution in [0.4, 0.5) is 0 Å². The van der Waals surface area contributed by atoms with E-state index in [1.807, 2.05) is 13.0 Å². The molecule has 1 heterocycles. The lowest BCUT2D eigenvalue weighted by Crippen LogP contribution is -2.66. The smallest absolute Gasteiger partial charge is 0.338 e. The number of benzene rings is 2. The quantitative estimate of drug-likeness (QED) is 0.448. The van der Waals surface area contributed by atoms with E-state index in [1.165, 1.54) is 0 Å². The fourth-order valence-electron chi connectivity index (χ4n) is 3.36. The Kier molecular flexibility index (Phi) is 8.75. The van der Waals surface area contributed by atoms with Gasteiger partial charge in [-0.05, 0) is 30.7 Å². The van der Waals surface area contributed by atoms with Gasteiger partial charge in [0.1, 0.15) is 18.8 Å². The highest BCUT2D eigenvalue weighted by molar-refractivity contribution is 5.89. The Bertz CT molecular complexity index is 863. The first-order valence-electron chi connectivity index (χ1n) is 10.8. The molecule has 32 heavy (non-hydrogen) atoms. The summed E-state index contributed by atoms with van der Waals surface area (Å²) in [6.07, 6.45) is -0.742. The average Bonchev–Trinajstić information content (AvgIpc) is 2.83. The van der Waals surface area contributed by atoms with E-state index in [1.54, 1.807) is 54.6 Å². The van der Waals surface area contributed by atoms with Crippen molar-refractivity contribution >= 4 is 11.9 Å². The highest BCUT2D eigenvalue weighted by Gasteiger charge is 2.46. The molecule has 8 heteroatoms. The minimum absolute atomic E-state index is 0.130. The average molecular weight is 443 g/mol. The SMILES string of the molecule is CCCCO[C@@H]1OC(COC(=O)c2ccccc2)[C@@H](N)C(OC(=O)c2ccccc2)C1N. The molecule has 1 aliphatic rings. The molecule has 0 saturated carbocycles. The van der Waals surface area contributed by atoms with Crippen molar-refractivity contribution in [2.24, 2.45) is 11.5 Å². The predicted octanol–water partition coefficient (Wildman–Crippen LogP) is 2.27. The summed E-state index contributed by atoms with van der Waals surface area (Å²) in [5, 5.41) is 0. The molecule has 0 bridgehead atoms. The van der Waals surface area contributed by atoms with Crippen molar-refractivity contribution in [2.75, 3.05) is 13.2 Å². The van der Waals surface area contributed by atoms with Gasteiger partial charge in [0.15, 0.2) is 6.29 Å². The summed E-state index contributed by atoms with van der Waals surface area (Å²) >= 11 is 0. The maximum atomic E-state index is 12.6. The highest BCUT2D eigenvalue weighted by Crippen LogP contribution is 2.24. The molecule has 4 N–H and O–H groups in total. The molecule has 2 aromatic carbocycles. The second-order valence-corrected chi connectivity index (χ2v) is 7.62. The van der Waals surface area contributed by atoms with Crippen LogP contribution in [0, 0.1) is 0 Å². The molecule has 8 nitrogen and oxygen atoms in total. The third-order valence-corrected chi connectivity index (χ3v) is 5.23. The summed E-state index contributed by atoms with van der Waals surface area (Å²) in [4.78, 5) is 25.0. The van der Waals surface area contributed by atoms with Crippen molar-refractivity contribution in [3.05, 3.63) is 71.8 Å². The van der Waals surface area contributed by atoms with E-state index in [0.717, 1.165) is 12.8 Å². The number of carbonyl (C=O) groups excluding carboxylic acids is 2. The monoisotopic (exact) mass is 442 g/mol. The summed E-state index contributed by atoms with van der Waals surface area (Å²) in [5.74, 6) is -1.05. The fraction of sp³-hybridized carbons (Fsp3) is 0.417. The Hall–Kier alpha value is -2.78. The molecule has 5 atom stereocenters. The summed E-state index contributed by atoms with van der Waals surface area (Å²) < 4.78 is 22.8. The molecular weight excluding hydrogens is 412 g/mol. The van der Waals surface area contributed by atoms with Crippen LogP contribution < -0.4 is 11.5 Å². The number of rotatable bonds is 9. The van der Waals surface area contributed by atoms with Gasteiger partial charge >= 0.3 is 11.9 Å². The molecule has 2 aromatic rings. The maximum Gasteiger partial charge on any atom is 0.338 e. The van der Waals surface area contributed by atoms with Crippen LogP contribution in [0.1, 0.15) is 40.5 Å². The van der Waals surface area contributed by atoms with Crippen LogP contribution >= 0.6 is 0 Å². The van der Waals surface area contributed by atoms with Gasteiger partial charge in [-0.1, -0.05) is 49.7 Å². The second-order valence-electron chi connectivity index (χ2n) is 7.62. The number of hydrogen-bond donors (Lipinski definition) is 2. The molecule has 0 aromatic heterocycles. The molecule has 172 valence electrons. The number of hydrogen-bond acceptors (Lipinski definition) is 8. The second kappa shape index (κ2) is 11.7. The van der Waals surface area contributed by atoms with Crippen LogP contribution in [0.3, 0.4) is 0 Å². The van der Waals surface area contributed by atoms with Crippen LogP contribution in [0.25, 0.3) is 0 Å². The Labute approximate surface area is 187 Å². The third kappa shape index (κ3) is 6.14. The zero-order valence-electron chi connectivity index (χ0n) is 18.1. The molecule has 3 unspecified atom stereocenters. The van der Waals surface area contributed by atoms with E-state index >= 15 is 0 Å². The molecule has 1 aliphatic heterocycles. The van der Waals surface area contributed by atoms with Crippen molar-refractivity contribution < 1.29 is 28.5 Å². The molecule has 1 fully saturated rings.